The molecule has 1 heterocycles. The van der Waals surface area contributed by atoms with Crippen LogP contribution in [0.4, 0.5) is 11.4 Å². The summed E-state index contributed by atoms with van der Waals surface area (Å²) in [4.78, 5) is 37.1. The third kappa shape index (κ3) is 5.96. The SMILES string of the molecule is CCOC(=O)CNC(=O)c1cccc(-c2cccc(N/N=C3\C(=O)N(c4ccc(C)c(C)c4)N=C3C)c2O)c1. The zero-order valence-corrected chi connectivity index (χ0v) is 22.1. The molecular formula is C29H29N5O5. The molecule has 0 fully saturated rings. The molecule has 10 heteroatoms. The molecule has 4 rings (SSSR count). The molecule has 0 radical (unpaired) electrons. The average Bonchev–Trinajstić information content (AvgIpc) is 3.21. The van der Waals surface area contributed by atoms with Crippen LogP contribution in [0.5, 0.6) is 5.75 Å². The Morgan fingerprint density at radius 2 is 1.79 bits per heavy atom. The molecule has 0 saturated carbocycles. The number of aromatic hydroxyl groups is 1. The molecule has 2 amide bonds. The molecule has 39 heavy (non-hydrogen) atoms. The van der Waals surface area contributed by atoms with Crippen LogP contribution in [0.15, 0.2) is 70.9 Å². The fourth-order valence-corrected chi connectivity index (χ4v) is 3.94. The number of aryl methyl sites for hydroxylation is 2. The number of hydrogen-bond donors (Lipinski definition) is 3. The predicted molar refractivity (Wildman–Crippen MR) is 150 cm³/mol. The van der Waals surface area contributed by atoms with Crippen molar-refractivity contribution >= 4 is 40.6 Å². The fourth-order valence-electron chi connectivity index (χ4n) is 3.94. The zero-order chi connectivity index (χ0) is 28.1. The smallest absolute Gasteiger partial charge is 0.325 e. The molecule has 3 N–H and O–H groups in total. The number of benzene rings is 3. The van der Waals surface area contributed by atoms with Crippen LogP contribution >= 0.6 is 0 Å². The molecule has 0 aliphatic carbocycles. The standard InChI is InChI=1S/C29H29N5O5/c1-5-39-25(35)16-30-28(37)21-9-6-8-20(15-21)23-10-7-11-24(27(23)36)31-32-26-19(4)33-34(29(26)38)22-13-12-17(2)18(3)14-22/h6-15,31,36H,5,16H2,1-4H3,(H,30,37)/b32-26-. The molecule has 0 atom stereocenters. The molecule has 0 unspecified atom stereocenters. The number of amides is 2. The minimum absolute atomic E-state index is 0.114. The van der Waals surface area contributed by atoms with Gasteiger partial charge in [-0.15, -0.1) is 0 Å². The Balaban J connectivity index is 1.52. The molecule has 0 saturated heterocycles. The molecule has 1 aliphatic heterocycles. The molecule has 10 nitrogen and oxygen atoms in total. The van der Waals surface area contributed by atoms with E-state index in [1.807, 2.05) is 32.0 Å². The highest BCUT2D eigenvalue weighted by Crippen LogP contribution is 2.36. The van der Waals surface area contributed by atoms with Crippen LogP contribution in [0.3, 0.4) is 0 Å². The second kappa shape index (κ2) is 11.6. The number of carbonyl (C=O) groups is 3. The van der Waals surface area contributed by atoms with Gasteiger partial charge in [0.1, 0.15) is 12.3 Å². The van der Waals surface area contributed by atoms with E-state index in [0.29, 0.717) is 28.1 Å². The minimum atomic E-state index is -0.529. The van der Waals surface area contributed by atoms with Crippen LogP contribution < -0.4 is 15.8 Å². The number of nitrogens with zero attached hydrogens (tertiary/aromatic N) is 3. The van der Waals surface area contributed by atoms with Crippen molar-refractivity contribution in [3.8, 4) is 16.9 Å². The van der Waals surface area contributed by atoms with E-state index >= 15 is 0 Å². The summed E-state index contributed by atoms with van der Waals surface area (Å²) in [5.41, 5.74) is 7.72. The Morgan fingerprint density at radius 1 is 1.03 bits per heavy atom. The second-order valence-electron chi connectivity index (χ2n) is 8.91. The number of anilines is 2. The van der Waals surface area contributed by atoms with Crippen molar-refractivity contribution in [2.75, 3.05) is 23.6 Å². The first-order valence-electron chi connectivity index (χ1n) is 12.4. The van der Waals surface area contributed by atoms with E-state index in [-0.39, 0.29) is 36.2 Å². The van der Waals surface area contributed by atoms with E-state index < -0.39 is 11.9 Å². The summed E-state index contributed by atoms with van der Waals surface area (Å²) < 4.78 is 4.83. The lowest BCUT2D eigenvalue weighted by Gasteiger charge is -2.13. The zero-order valence-electron chi connectivity index (χ0n) is 22.1. The number of carbonyl (C=O) groups excluding carboxylic acids is 3. The normalized spacial score (nSPS) is 13.8. The molecule has 200 valence electrons. The van der Waals surface area contributed by atoms with Crippen LogP contribution in [0.2, 0.25) is 0 Å². The van der Waals surface area contributed by atoms with Gasteiger partial charge in [-0.2, -0.15) is 15.2 Å². The van der Waals surface area contributed by atoms with Crippen molar-refractivity contribution in [2.45, 2.75) is 27.7 Å². The van der Waals surface area contributed by atoms with Crippen molar-refractivity contribution in [2.24, 2.45) is 10.2 Å². The van der Waals surface area contributed by atoms with E-state index in [2.05, 4.69) is 20.9 Å². The average molecular weight is 528 g/mol. The third-order valence-electron chi connectivity index (χ3n) is 6.18. The molecular weight excluding hydrogens is 498 g/mol. The number of para-hydroxylation sites is 1. The predicted octanol–water partition coefficient (Wildman–Crippen LogP) is 4.16. The monoisotopic (exact) mass is 527 g/mol. The van der Waals surface area contributed by atoms with Gasteiger partial charge in [0.25, 0.3) is 5.91 Å². The summed E-state index contributed by atoms with van der Waals surface area (Å²) in [6.07, 6.45) is 0. The highest BCUT2D eigenvalue weighted by Gasteiger charge is 2.31. The summed E-state index contributed by atoms with van der Waals surface area (Å²) in [7, 11) is 0. The number of ether oxygens (including phenoxy) is 1. The first-order valence-corrected chi connectivity index (χ1v) is 12.4. The van der Waals surface area contributed by atoms with Gasteiger partial charge < -0.3 is 15.2 Å². The van der Waals surface area contributed by atoms with Gasteiger partial charge in [-0.3, -0.25) is 19.8 Å². The molecule has 3 aromatic carbocycles. The van der Waals surface area contributed by atoms with Gasteiger partial charge in [0.2, 0.25) is 0 Å². The number of nitrogens with one attached hydrogen (secondary N) is 2. The van der Waals surface area contributed by atoms with Crippen molar-refractivity contribution in [3.63, 3.8) is 0 Å². The number of rotatable bonds is 8. The van der Waals surface area contributed by atoms with Crippen LogP contribution in [-0.4, -0.2) is 47.5 Å². The van der Waals surface area contributed by atoms with E-state index in [9.17, 15) is 19.5 Å². The van der Waals surface area contributed by atoms with Crippen LogP contribution in [0.1, 0.15) is 35.3 Å². The van der Waals surface area contributed by atoms with E-state index in [1.165, 1.54) is 5.01 Å². The van der Waals surface area contributed by atoms with E-state index in [4.69, 9.17) is 4.74 Å². The number of hydrazone groups is 2. The second-order valence-corrected chi connectivity index (χ2v) is 8.91. The first-order chi connectivity index (χ1) is 18.7. The number of esters is 1. The van der Waals surface area contributed by atoms with Gasteiger partial charge >= 0.3 is 11.9 Å². The van der Waals surface area contributed by atoms with Gasteiger partial charge in [-0.1, -0.05) is 30.3 Å². The van der Waals surface area contributed by atoms with Crippen molar-refractivity contribution in [3.05, 3.63) is 77.4 Å². The number of hydrogen-bond acceptors (Lipinski definition) is 8. The fraction of sp³-hybridized carbons (Fsp3) is 0.207. The first kappa shape index (κ1) is 27.1. The quantitative estimate of drug-likeness (QED) is 0.229. The summed E-state index contributed by atoms with van der Waals surface area (Å²) in [5, 5.41) is 23.4. The summed E-state index contributed by atoms with van der Waals surface area (Å²) in [6, 6.07) is 17.3. The molecule has 3 aromatic rings. The van der Waals surface area contributed by atoms with Gasteiger partial charge in [-0.05, 0) is 74.7 Å². The maximum atomic E-state index is 13.1. The Kier molecular flexibility index (Phi) is 8.04. The van der Waals surface area contributed by atoms with E-state index in [0.717, 1.165) is 11.1 Å². The van der Waals surface area contributed by atoms with Crippen LogP contribution in [0, 0.1) is 13.8 Å². The van der Waals surface area contributed by atoms with Gasteiger partial charge in [0.15, 0.2) is 5.71 Å². The van der Waals surface area contributed by atoms with Crippen LogP contribution in [-0.2, 0) is 14.3 Å². The lowest BCUT2D eigenvalue weighted by molar-refractivity contribution is -0.141. The highest BCUT2D eigenvalue weighted by molar-refractivity contribution is 6.71. The molecule has 0 spiro atoms. The molecule has 1 aliphatic rings. The summed E-state index contributed by atoms with van der Waals surface area (Å²) in [5.74, 6) is -1.48. The maximum Gasteiger partial charge on any atom is 0.325 e. The molecule has 0 aromatic heterocycles. The topological polar surface area (TPSA) is 133 Å². The van der Waals surface area contributed by atoms with Crippen molar-refractivity contribution in [1.82, 2.24) is 5.32 Å². The Morgan fingerprint density at radius 3 is 2.54 bits per heavy atom. The third-order valence-corrected chi connectivity index (χ3v) is 6.18. The molecule has 0 bridgehead atoms. The van der Waals surface area contributed by atoms with Gasteiger partial charge in [-0.25, -0.2) is 0 Å². The number of phenols is 1. The number of phenolic OH excluding ortho intramolecular Hbond substituents is 1. The van der Waals surface area contributed by atoms with Gasteiger partial charge in [0.05, 0.1) is 23.7 Å². The minimum Gasteiger partial charge on any atom is -0.505 e. The Hall–Kier alpha value is -4.99. The van der Waals surface area contributed by atoms with Crippen LogP contribution in [0.25, 0.3) is 11.1 Å². The lowest BCUT2D eigenvalue weighted by Crippen LogP contribution is -2.30. The van der Waals surface area contributed by atoms with Crippen molar-refractivity contribution in [1.29, 1.82) is 0 Å². The van der Waals surface area contributed by atoms with Crippen molar-refractivity contribution < 1.29 is 24.2 Å². The highest BCUT2D eigenvalue weighted by atomic mass is 16.5. The summed E-state index contributed by atoms with van der Waals surface area (Å²) in [6.45, 7) is 7.32. The maximum absolute atomic E-state index is 13.1. The lowest BCUT2D eigenvalue weighted by atomic mass is 10.0. The Bertz CT molecular complexity index is 1510. The van der Waals surface area contributed by atoms with E-state index in [1.54, 1.807) is 56.3 Å². The van der Waals surface area contributed by atoms with Gasteiger partial charge in [0, 0.05) is 11.1 Å². The summed E-state index contributed by atoms with van der Waals surface area (Å²) >= 11 is 0. The Labute approximate surface area is 226 Å². The largest absolute Gasteiger partial charge is 0.505 e.